The topological polar surface area (TPSA) is 86.0 Å². The monoisotopic (exact) mass is 431 g/mol. The van der Waals surface area contributed by atoms with Gasteiger partial charge in [-0.3, -0.25) is 9.78 Å². The van der Waals surface area contributed by atoms with Gasteiger partial charge in [-0.15, -0.1) is 0 Å². The van der Waals surface area contributed by atoms with Gasteiger partial charge in [-0.05, 0) is 73.2 Å². The van der Waals surface area contributed by atoms with E-state index >= 15 is 0 Å². The van der Waals surface area contributed by atoms with E-state index in [9.17, 15) is 10.0 Å². The number of aromatic nitrogens is 1. The Morgan fingerprint density at radius 1 is 1.09 bits per heavy atom. The third-order valence-corrected chi connectivity index (χ3v) is 5.61. The lowest BCUT2D eigenvalue weighted by Gasteiger charge is -2.16. The molecule has 2 aromatic carbocycles. The number of hydrogen-bond acceptors (Lipinski definition) is 5. The molecule has 1 amide bonds. The summed E-state index contributed by atoms with van der Waals surface area (Å²) in [5, 5.41) is 22.3. The molecule has 0 spiro atoms. The van der Waals surface area contributed by atoms with E-state index in [4.69, 9.17) is 5.11 Å². The minimum Gasteiger partial charge on any atom is -0.411 e. The standard InChI is InChI=1S/C26H29N3O3/c1-18-17-22(13-14-27-18)23-5-4-6-24(19(23)2)25(28-32)12-9-20-7-10-21(11-8-20)26(31)29(3)15-16-30/h4-8,10-11,13-14,17,30,32H,9,12,15-16H2,1-3H3/b28-25+. The highest BCUT2D eigenvalue weighted by molar-refractivity contribution is 6.03. The molecule has 3 rings (SSSR count). The maximum absolute atomic E-state index is 12.3. The molecule has 0 radical (unpaired) electrons. The van der Waals surface area contributed by atoms with Crippen molar-refractivity contribution in [2.45, 2.75) is 26.7 Å². The molecule has 0 aliphatic carbocycles. The smallest absolute Gasteiger partial charge is 0.253 e. The largest absolute Gasteiger partial charge is 0.411 e. The molecule has 3 aromatic rings. The summed E-state index contributed by atoms with van der Waals surface area (Å²) in [6, 6.07) is 17.4. The first-order valence-corrected chi connectivity index (χ1v) is 10.6. The average Bonchev–Trinajstić information content (AvgIpc) is 2.80. The fourth-order valence-corrected chi connectivity index (χ4v) is 3.76. The number of carbonyl (C=O) groups is 1. The Morgan fingerprint density at radius 2 is 1.84 bits per heavy atom. The Hall–Kier alpha value is -3.51. The van der Waals surface area contributed by atoms with Gasteiger partial charge in [0.2, 0.25) is 0 Å². The summed E-state index contributed by atoms with van der Waals surface area (Å²) in [4.78, 5) is 18.1. The van der Waals surface area contributed by atoms with Crippen molar-refractivity contribution < 1.29 is 15.1 Å². The number of aliphatic hydroxyl groups is 1. The van der Waals surface area contributed by atoms with Crippen molar-refractivity contribution in [2.75, 3.05) is 20.2 Å². The number of pyridine rings is 1. The predicted molar refractivity (Wildman–Crippen MR) is 126 cm³/mol. The van der Waals surface area contributed by atoms with Crippen LogP contribution >= 0.6 is 0 Å². The molecular formula is C26H29N3O3. The number of oxime groups is 1. The zero-order valence-corrected chi connectivity index (χ0v) is 18.7. The zero-order valence-electron chi connectivity index (χ0n) is 18.7. The third-order valence-electron chi connectivity index (χ3n) is 5.61. The van der Waals surface area contributed by atoms with Crippen LogP contribution in [0.2, 0.25) is 0 Å². The molecule has 6 nitrogen and oxygen atoms in total. The quantitative estimate of drug-likeness (QED) is 0.317. The number of nitrogens with zero attached hydrogens (tertiary/aromatic N) is 3. The Kier molecular flexibility index (Phi) is 7.73. The van der Waals surface area contributed by atoms with Crippen LogP contribution in [0.25, 0.3) is 11.1 Å². The average molecular weight is 432 g/mol. The third kappa shape index (κ3) is 5.39. The molecule has 0 aliphatic heterocycles. The summed E-state index contributed by atoms with van der Waals surface area (Å²) in [6.07, 6.45) is 3.04. The number of carbonyl (C=O) groups excluding carboxylic acids is 1. The van der Waals surface area contributed by atoms with Crippen LogP contribution in [0.15, 0.2) is 65.9 Å². The number of hydrogen-bond donors (Lipinski definition) is 2. The van der Waals surface area contributed by atoms with Crippen LogP contribution in [0.4, 0.5) is 0 Å². The van der Waals surface area contributed by atoms with Crippen molar-refractivity contribution in [2.24, 2.45) is 5.16 Å². The zero-order chi connectivity index (χ0) is 23.1. The van der Waals surface area contributed by atoms with Gasteiger partial charge in [-0.2, -0.15) is 0 Å². The minimum absolute atomic E-state index is 0.0645. The first kappa shape index (κ1) is 23.2. The molecule has 166 valence electrons. The first-order chi connectivity index (χ1) is 15.4. The number of rotatable bonds is 8. The van der Waals surface area contributed by atoms with Crippen molar-refractivity contribution in [3.8, 4) is 11.1 Å². The highest BCUT2D eigenvalue weighted by atomic mass is 16.4. The van der Waals surface area contributed by atoms with Crippen molar-refractivity contribution in [1.82, 2.24) is 9.88 Å². The molecule has 2 N–H and O–H groups in total. The van der Waals surface area contributed by atoms with E-state index in [0.29, 0.717) is 30.7 Å². The molecule has 6 heteroatoms. The molecule has 32 heavy (non-hydrogen) atoms. The van der Waals surface area contributed by atoms with Crippen LogP contribution in [0.1, 0.15) is 39.2 Å². The predicted octanol–water partition coefficient (Wildman–Crippen LogP) is 4.24. The Balaban J connectivity index is 1.74. The second-order valence-corrected chi connectivity index (χ2v) is 7.86. The molecule has 1 aromatic heterocycles. The normalized spacial score (nSPS) is 11.4. The van der Waals surface area contributed by atoms with Crippen LogP contribution < -0.4 is 0 Å². The van der Waals surface area contributed by atoms with Gasteiger partial charge >= 0.3 is 0 Å². The fraction of sp³-hybridized carbons (Fsp3) is 0.269. The van der Waals surface area contributed by atoms with E-state index in [2.05, 4.69) is 16.2 Å². The Bertz CT molecular complexity index is 1110. The van der Waals surface area contributed by atoms with Crippen LogP contribution in [0.3, 0.4) is 0 Å². The number of aryl methyl sites for hydroxylation is 2. The van der Waals surface area contributed by atoms with Crippen LogP contribution in [0.5, 0.6) is 0 Å². The fourth-order valence-electron chi connectivity index (χ4n) is 3.76. The van der Waals surface area contributed by atoms with Gasteiger partial charge in [0.15, 0.2) is 0 Å². The SMILES string of the molecule is Cc1cc(-c2cccc(/C(CCc3ccc(C(=O)N(C)CCO)cc3)=N/O)c2C)ccn1. The molecule has 0 fully saturated rings. The van der Waals surface area contributed by atoms with Gasteiger partial charge in [-0.25, -0.2) is 0 Å². The number of aliphatic hydroxyl groups excluding tert-OH is 1. The van der Waals surface area contributed by atoms with Crippen molar-refractivity contribution in [3.05, 3.63) is 88.7 Å². The lowest BCUT2D eigenvalue weighted by molar-refractivity contribution is 0.0767. The lowest BCUT2D eigenvalue weighted by Crippen LogP contribution is -2.29. The molecule has 0 unspecified atom stereocenters. The second-order valence-electron chi connectivity index (χ2n) is 7.86. The van der Waals surface area contributed by atoms with Crippen LogP contribution in [-0.2, 0) is 6.42 Å². The molecular weight excluding hydrogens is 402 g/mol. The molecule has 1 heterocycles. The summed E-state index contributed by atoms with van der Waals surface area (Å²) >= 11 is 0. The number of amides is 1. The van der Waals surface area contributed by atoms with Gasteiger partial charge in [-0.1, -0.05) is 35.5 Å². The Labute approximate surface area is 188 Å². The van der Waals surface area contributed by atoms with E-state index in [-0.39, 0.29) is 12.5 Å². The first-order valence-electron chi connectivity index (χ1n) is 10.6. The van der Waals surface area contributed by atoms with Crippen LogP contribution in [-0.4, -0.2) is 52.0 Å². The van der Waals surface area contributed by atoms with Crippen molar-refractivity contribution in [1.29, 1.82) is 0 Å². The second kappa shape index (κ2) is 10.7. The number of benzene rings is 2. The van der Waals surface area contributed by atoms with Gasteiger partial charge in [0.25, 0.3) is 5.91 Å². The van der Waals surface area contributed by atoms with E-state index in [0.717, 1.165) is 33.5 Å². The highest BCUT2D eigenvalue weighted by Gasteiger charge is 2.14. The molecule has 0 bridgehead atoms. The molecule has 0 saturated heterocycles. The van der Waals surface area contributed by atoms with E-state index in [1.54, 1.807) is 25.4 Å². The van der Waals surface area contributed by atoms with E-state index in [1.807, 2.05) is 50.2 Å². The minimum atomic E-state index is -0.123. The van der Waals surface area contributed by atoms with Gasteiger partial charge in [0.05, 0.1) is 12.3 Å². The summed E-state index contributed by atoms with van der Waals surface area (Å²) in [6.45, 7) is 4.24. The van der Waals surface area contributed by atoms with Crippen molar-refractivity contribution in [3.63, 3.8) is 0 Å². The maximum atomic E-state index is 12.3. The summed E-state index contributed by atoms with van der Waals surface area (Å²) in [7, 11) is 1.67. The summed E-state index contributed by atoms with van der Waals surface area (Å²) < 4.78 is 0. The van der Waals surface area contributed by atoms with Gasteiger partial charge < -0.3 is 15.2 Å². The highest BCUT2D eigenvalue weighted by Crippen LogP contribution is 2.27. The van der Waals surface area contributed by atoms with Gasteiger partial charge in [0, 0.05) is 36.6 Å². The van der Waals surface area contributed by atoms with Crippen molar-refractivity contribution >= 4 is 11.6 Å². The van der Waals surface area contributed by atoms with E-state index in [1.165, 1.54) is 4.90 Å². The van der Waals surface area contributed by atoms with Crippen LogP contribution in [0, 0.1) is 13.8 Å². The Morgan fingerprint density at radius 3 is 2.50 bits per heavy atom. The van der Waals surface area contributed by atoms with Gasteiger partial charge in [0.1, 0.15) is 0 Å². The maximum Gasteiger partial charge on any atom is 0.253 e. The summed E-state index contributed by atoms with van der Waals surface area (Å²) in [5.41, 5.74) is 7.34. The molecule has 0 saturated carbocycles. The molecule has 0 aliphatic rings. The number of likely N-dealkylation sites (N-methyl/N-ethyl adjacent to an activating group) is 1. The summed E-state index contributed by atoms with van der Waals surface area (Å²) in [5.74, 6) is -0.123. The van der Waals surface area contributed by atoms with E-state index < -0.39 is 0 Å². The molecule has 0 atom stereocenters. The lowest BCUT2D eigenvalue weighted by atomic mass is 9.92.